The normalized spacial score (nSPS) is 16.3. The van der Waals surface area contributed by atoms with Crippen LogP contribution in [0.25, 0.3) is 22.4 Å². The van der Waals surface area contributed by atoms with Crippen LogP contribution in [0.3, 0.4) is 0 Å². The van der Waals surface area contributed by atoms with E-state index < -0.39 is 16.1 Å². The Labute approximate surface area is 224 Å². The van der Waals surface area contributed by atoms with Gasteiger partial charge in [0.2, 0.25) is 10.0 Å². The minimum atomic E-state index is -3.96. The Bertz CT molecular complexity index is 1460. The first kappa shape index (κ1) is 28.3. The summed E-state index contributed by atoms with van der Waals surface area (Å²) < 4.78 is 36.7. The molecule has 208 valence electrons. The zero-order valence-corrected chi connectivity index (χ0v) is 23.9. The van der Waals surface area contributed by atoms with Crippen LogP contribution in [0.15, 0.2) is 27.9 Å². The quantitative estimate of drug-likeness (QED) is 0.441. The summed E-state index contributed by atoms with van der Waals surface area (Å²) in [7, 11) is -2.25. The molecule has 2 N–H and O–H groups in total. The van der Waals surface area contributed by atoms with Gasteiger partial charge in [0.05, 0.1) is 28.9 Å². The third-order valence-corrected chi connectivity index (χ3v) is 8.86. The molecule has 11 heteroatoms. The fourth-order valence-corrected chi connectivity index (χ4v) is 6.95. The number of rotatable bonds is 8. The summed E-state index contributed by atoms with van der Waals surface area (Å²) in [5.41, 5.74) is 1.12. The number of ether oxygens (including phenoxy) is 1. The molecule has 0 amide bonds. The van der Waals surface area contributed by atoms with E-state index in [2.05, 4.69) is 10.1 Å². The van der Waals surface area contributed by atoms with Gasteiger partial charge in [-0.05, 0) is 44.9 Å². The summed E-state index contributed by atoms with van der Waals surface area (Å²) in [5.74, 6) is 0.621. The molecule has 1 saturated carbocycles. The van der Waals surface area contributed by atoms with Gasteiger partial charge in [-0.3, -0.25) is 9.48 Å². The van der Waals surface area contributed by atoms with Crippen LogP contribution in [0, 0.1) is 0 Å². The molecule has 2 heterocycles. The van der Waals surface area contributed by atoms with E-state index in [-0.39, 0.29) is 34.3 Å². The topological polar surface area (TPSA) is 130 Å². The maximum absolute atomic E-state index is 14.0. The average Bonchev–Trinajstić information content (AvgIpc) is 3.20. The van der Waals surface area contributed by atoms with Crippen molar-refractivity contribution >= 4 is 21.1 Å². The van der Waals surface area contributed by atoms with Gasteiger partial charge in [-0.1, -0.05) is 40.0 Å². The molecule has 0 aliphatic heterocycles. The number of H-pyrrole nitrogens is 1. The van der Waals surface area contributed by atoms with Crippen LogP contribution < -0.4 is 10.3 Å². The van der Waals surface area contributed by atoms with Crippen LogP contribution in [0.1, 0.15) is 72.4 Å². The van der Waals surface area contributed by atoms with Crippen molar-refractivity contribution in [2.45, 2.75) is 89.2 Å². The van der Waals surface area contributed by atoms with Crippen LogP contribution in [0.4, 0.5) is 0 Å². The fourth-order valence-electron chi connectivity index (χ4n) is 5.16. The van der Waals surface area contributed by atoms with Crippen molar-refractivity contribution in [1.29, 1.82) is 0 Å². The van der Waals surface area contributed by atoms with E-state index in [1.165, 1.54) is 21.1 Å². The highest BCUT2D eigenvalue weighted by atomic mass is 32.2. The maximum Gasteiger partial charge on any atom is 0.277 e. The zero-order chi connectivity index (χ0) is 27.8. The van der Waals surface area contributed by atoms with Crippen molar-refractivity contribution in [2.24, 2.45) is 7.05 Å². The summed E-state index contributed by atoms with van der Waals surface area (Å²) in [6.45, 7) is 9.79. The monoisotopic (exact) mass is 545 g/mol. The number of aliphatic hydroxyl groups excluding tert-OH is 1. The van der Waals surface area contributed by atoms with Gasteiger partial charge < -0.3 is 14.8 Å². The molecular weight excluding hydrogens is 506 g/mol. The number of nitrogens with one attached hydrogen (secondary N) is 1. The van der Waals surface area contributed by atoms with Gasteiger partial charge in [0.1, 0.15) is 17.1 Å². The van der Waals surface area contributed by atoms with E-state index in [1.807, 2.05) is 27.7 Å². The lowest BCUT2D eigenvalue weighted by molar-refractivity contribution is 0.136. The fraction of sp³-hybridized carbons (Fsp3) is 0.593. The Kier molecular flexibility index (Phi) is 8.02. The number of nitrogens with zero attached hydrogens (tertiary/aromatic N) is 4. The minimum Gasteiger partial charge on any atom is -0.493 e. The second kappa shape index (κ2) is 10.8. The molecule has 1 unspecified atom stereocenters. The number of aromatic amines is 1. The molecule has 2 aromatic heterocycles. The molecule has 1 fully saturated rings. The van der Waals surface area contributed by atoms with Gasteiger partial charge >= 0.3 is 0 Å². The van der Waals surface area contributed by atoms with Crippen LogP contribution >= 0.6 is 0 Å². The lowest BCUT2D eigenvalue weighted by Gasteiger charge is -2.34. The number of benzene rings is 1. The molecule has 1 atom stereocenters. The number of sulfonamides is 1. The molecule has 0 saturated heterocycles. The Balaban J connectivity index is 1.89. The molecule has 0 bridgehead atoms. The number of aryl methyl sites for hydroxylation is 1. The van der Waals surface area contributed by atoms with Crippen molar-refractivity contribution < 1.29 is 18.3 Å². The third kappa shape index (κ3) is 5.50. The standard InChI is InChI=1S/C27H39N5O5S/c1-7-37-21-14-13-19(38(35,36)32(16-17(2)33)18-11-9-8-10-12-18)15-20(21)25-28-22-23(26(34)29-25)31(6)30-24(22)27(3,4)5/h13-15,17-18,33H,7-12,16H2,1-6H3,(H,28,29,34). The largest absolute Gasteiger partial charge is 0.493 e. The van der Waals surface area contributed by atoms with Crippen molar-refractivity contribution in [3.05, 3.63) is 34.2 Å². The van der Waals surface area contributed by atoms with Crippen molar-refractivity contribution in [2.75, 3.05) is 13.2 Å². The first-order chi connectivity index (χ1) is 17.8. The van der Waals surface area contributed by atoms with Gasteiger partial charge in [-0.25, -0.2) is 13.4 Å². The summed E-state index contributed by atoms with van der Waals surface area (Å²) in [6.07, 6.45) is 3.71. The lowest BCUT2D eigenvalue weighted by atomic mass is 9.91. The SMILES string of the molecule is CCOc1ccc(S(=O)(=O)N(CC(C)O)C2CCCCC2)cc1-c1nc2c(C(C)(C)C)nn(C)c2c(=O)[nH]1. The smallest absolute Gasteiger partial charge is 0.277 e. The van der Waals surface area contributed by atoms with Crippen LogP contribution in [0.2, 0.25) is 0 Å². The van der Waals surface area contributed by atoms with Crippen LogP contribution in [-0.4, -0.2) is 62.9 Å². The number of fused-ring (bicyclic) bond motifs is 1. The average molecular weight is 546 g/mol. The molecule has 0 radical (unpaired) electrons. The summed E-state index contributed by atoms with van der Waals surface area (Å²) in [6, 6.07) is 4.46. The van der Waals surface area contributed by atoms with Gasteiger partial charge in [-0.15, -0.1) is 0 Å². The van der Waals surface area contributed by atoms with Crippen molar-refractivity contribution in [3.8, 4) is 17.1 Å². The first-order valence-electron chi connectivity index (χ1n) is 13.3. The first-order valence-corrected chi connectivity index (χ1v) is 14.7. The summed E-state index contributed by atoms with van der Waals surface area (Å²) in [4.78, 5) is 20.8. The Morgan fingerprint density at radius 2 is 1.92 bits per heavy atom. The second-order valence-corrected chi connectivity index (χ2v) is 13.0. The van der Waals surface area contributed by atoms with E-state index in [0.717, 1.165) is 32.1 Å². The number of aromatic nitrogens is 4. The zero-order valence-electron chi connectivity index (χ0n) is 23.1. The highest BCUT2D eigenvalue weighted by Crippen LogP contribution is 2.35. The molecule has 4 rings (SSSR count). The molecule has 38 heavy (non-hydrogen) atoms. The molecule has 1 aromatic carbocycles. The van der Waals surface area contributed by atoms with E-state index in [1.54, 1.807) is 20.0 Å². The van der Waals surface area contributed by atoms with Gasteiger partial charge in [0.15, 0.2) is 5.52 Å². The Morgan fingerprint density at radius 1 is 1.24 bits per heavy atom. The minimum absolute atomic E-state index is 0.0151. The van der Waals surface area contributed by atoms with E-state index >= 15 is 0 Å². The van der Waals surface area contributed by atoms with Crippen molar-refractivity contribution in [1.82, 2.24) is 24.1 Å². The molecule has 0 spiro atoms. The van der Waals surface area contributed by atoms with Crippen LogP contribution in [0.5, 0.6) is 5.75 Å². The third-order valence-electron chi connectivity index (χ3n) is 6.94. The predicted octanol–water partition coefficient (Wildman–Crippen LogP) is 3.72. The lowest BCUT2D eigenvalue weighted by Crippen LogP contribution is -2.44. The van der Waals surface area contributed by atoms with Gasteiger partial charge in [0.25, 0.3) is 5.56 Å². The van der Waals surface area contributed by atoms with Crippen molar-refractivity contribution in [3.63, 3.8) is 0 Å². The molecule has 10 nitrogen and oxygen atoms in total. The number of hydrogen-bond acceptors (Lipinski definition) is 7. The number of hydrogen-bond donors (Lipinski definition) is 2. The van der Waals surface area contributed by atoms with E-state index in [9.17, 15) is 18.3 Å². The molecule has 3 aromatic rings. The van der Waals surface area contributed by atoms with Gasteiger partial charge in [0, 0.05) is 25.0 Å². The summed E-state index contributed by atoms with van der Waals surface area (Å²) >= 11 is 0. The highest BCUT2D eigenvalue weighted by molar-refractivity contribution is 7.89. The molecular formula is C27H39N5O5S. The summed E-state index contributed by atoms with van der Waals surface area (Å²) in [5, 5.41) is 14.7. The van der Waals surface area contributed by atoms with E-state index in [0.29, 0.717) is 34.6 Å². The molecule has 1 aliphatic carbocycles. The van der Waals surface area contributed by atoms with Gasteiger partial charge in [-0.2, -0.15) is 9.40 Å². The second-order valence-electron chi connectivity index (χ2n) is 11.1. The Hall–Kier alpha value is -2.76. The highest BCUT2D eigenvalue weighted by Gasteiger charge is 2.34. The maximum atomic E-state index is 14.0. The van der Waals surface area contributed by atoms with Crippen LogP contribution in [-0.2, 0) is 22.5 Å². The molecule has 1 aliphatic rings. The Morgan fingerprint density at radius 3 is 2.53 bits per heavy atom. The number of aliphatic hydroxyl groups is 1. The predicted molar refractivity (Wildman–Crippen MR) is 147 cm³/mol. The van der Waals surface area contributed by atoms with E-state index in [4.69, 9.17) is 9.72 Å².